The molecule has 0 bridgehead atoms. The van der Waals surface area contributed by atoms with Crippen LogP contribution in [-0.4, -0.2) is 60.7 Å². The zero-order chi connectivity index (χ0) is 23.5. The van der Waals surface area contributed by atoms with Crippen molar-refractivity contribution in [2.45, 2.75) is 50.7 Å². The summed E-state index contributed by atoms with van der Waals surface area (Å²) in [5, 5.41) is 14.5. The van der Waals surface area contributed by atoms with E-state index in [1.54, 1.807) is 6.20 Å². The summed E-state index contributed by atoms with van der Waals surface area (Å²) in [6.45, 7) is 4.41. The maximum absolute atomic E-state index is 13.2. The Morgan fingerprint density at radius 1 is 1.12 bits per heavy atom. The lowest BCUT2D eigenvalue weighted by molar-refractivity contribution is -0.223. The zero-order valence-electron chi connectivity index (χ0n) is 19.3. The first-order valence-corrected chi connectivity index (χ1v) is 13.1. The van der Waals surface area contributed by atoms with Crippen molar-refractivity contribution in [3.05, 3.63) is 52.1 Å². The molecule has 0 amide bonds. The standard InChI is InChI=1S/C26H32Cl2N4O2/c27-20-4-8-25(29-15-20)32-12-9-19(16-32)26(33)30-21(17-31-10-1-2-11-31)13-18-3-7-24(23(28)14-18)34-22-5-6-22/h3-4,7-8,14-15,19,21-22H,1-2,5-6,9-13,16-17H2,(H,30,33)/p-1/t19-,21?/m1/s1. The van der Waals surface area contributed by atoms with Gasteiger partial charge in [0.2, 0.25) is 0 Å². The molecule has 1 aliphatic carbocycles. The number of aromatic nitrogens is 1. The second-order valence-electron chi connectivity index (χ2n) is 9.68. The van der Waals surface area contributed by atoms with E-state index < -0.39 is 0 Å². The molecule has 1 unspecified atom stereocenters. The number of anilines is 1. The smallest absolute Gasteiger partial charge is 0.138 e. The van der Waals surface area contributed by atoms with E-state index in [-0.39, 0.29) is 17.9 Å². The van der Waals surface area contributed by atoms with Crippen molar-refractivity contribution in [2.24, 2.45) is 10.9 Å². The highest BCUT2D eigenvalue weighted by atomic mass is 35.5. The molecule has 0 radical (unpaired) electrons. The van der Waals surface area contributed by atoms with Gasteiger partial charge in [0, 0.05) is 31.7 Å². The van der Waals surface area contributed by atoms with Gasteiger partial charge in [0.1, 0.15) is 11.6 Å². The molecule has 8 heteroatoms. The molecule has 2 saturated heterocycles. The summed E-state index contributed by atoms with van der Waals surface area (Å²) in [4.78, 5) is 13.7. The maximum atomic E-state index is 13.2. The lowest BCUT2D eigenvalue weighted by Crippen LogP contribution is -2.36. The van der Waals surface area contributed by atoms with Gasteiger partial charge < -0.3 is 24.6 Å². The third-order valence-electron chi connectivity index (χ3n) is 6.84. The number of aliphatic imine (C=N–C) groups is 1. The van der Waals surface area contributed by atoms with Crippen LogP contribution in [0.5, 0.6) is 5.75 Å². The van der Waals surface area contributed by atoms with Crippen LogP contribution < -0.4 is 14.7 Å². The van der Waals surface area contributed by atoms with Crippen LogP contribution in [0.25, 0.3) is 0 Å². The third kappa shape index (κ3) is 6.15. The van der Waals surface area contributed by atoms with E-state index in [9.17, 15) is 5.11 Å². The van der Waals surface area contributed by atoms with Crippen molar-refractivity contribution in [3.8, 4) is 5.75 Å². The van der Waals surface area contributed by atoms with Crippen molar-refractivity contribution >= 4 is 34.9 Å². The first kappa shape index (κ1) is 23.7. The minimum Gasteiger partial charge on any atom is -0.862 e. The lowest BCUT2D eigenvalue weighted by atomic mass is 10.0. The predicted octanol–water partition coefficient (Wildman–Crippen LogP) is 4.22. The Morgan fingerprint density at radius 3 is 2.65 bits per heavy atom. The molecule has 3 fully saturated rings. The number of rotatable bonds is 9. The van der Waals surface area contributed by atoms with E-state index in [0.29, 0.717) is 29.1 Å². The van der Waals surface area contributed by atoms with Crippen LogP contribution in [0.3, 0.4) is 0 Å². The van der Waals surface area contributed by atoms with Crippen molar-refractivity contribution < 1.29 is 9.84 Å². The largest absolute Gasteiger partial charge is 0.862 e. The number of hydrogen-bond donors (Lipinski definition) is 0. The van der Waals surface area contributed by atoms with Gasteiger partial charge in [-0.15, -0.1) is 0 Å². The van der Waals surface area contributed by atoms with Crippen molar-refractivity contribution in [3.63, 3.8) is 0 Å². The maximum Gasteiger partial charge on any atom is 0.138 e. The van der Waals surface area contributed by atoms with Crippen molar-refractivity contribution in [2.75, 3.05) is 37.6 Å². The molecular weight excluding hydrogens is 471 g/mol. The van der Waals surface area contributed by atoms with Gasteiger partial charge in [-0.05, 0) is 87.3 Å². The van der Waals surface area contributed by atoms with Gasteiger partial charge in [0.25, 0.3) is 0 Å². The molecule has 6 nitrogen and oxygen atoms in total. The molecule has 0 N–H and O–H groups in total. The van der Waals surface area contributed by atoms with Gasteiger partial charge in [-0.3, -0.25) is 0 Å². The molecule has 1 aromatic heterocycles. The number of ether oxygens (including phenoxy) is 1. The Hall–Kier alpha value is -2.02. The molecule has 2 atom stereocenters. The number of halogens is 2. The van der Waals surface area contributed by atoms with E-state index in [2.05, 4.69) is 20.9 Å². The fourth-order valence-electron chi connectivity index (χ4n) is 4.83. The number of nitrogens with zero attached hydrogens (tertiary/aromatic N) is 4. The van der Waals surface area contributed by atoms with Crippen LogP contribution in [0.4, 0.5) is 5.82 Å². The molecule has 182 valence electrons. The lowest BCUT2D eigenvalue weighted by Gasteiger charge is -2.26. The Kier molecular flexibility index (Phi) is 7.47. The fraction of sp³-hybridized carbons (Fsp3) is 0.538. The molecule has 34 heavy (non-hydrogen) atoms. The Morgan fingerprint density at radius 2 is 1.94 bits per heavy atom. The van der Waals surface area contributed by atoms with E-state index in [0.717, 1.165) is 62.6 Å². The summed E-state index contributed by atoms with van der Waals surface area (Å²) in [6, 6.07) is 9.65. The average Bonchev–Trinajstić information content (AvgIpc) is 3.26. The molecule has 5 rings (SSSR count). The molecule has 2 aliphatic heterocycles. The zero-order valence-corrected chi connectivity index (χ0v) is 20.8. The summed E-state index contributed by atoms with van der Waals surface area (Å²) < 4.78 is 5.87. The molecule has 3 aliphatic rings. The van der Waals surface area contributed by atoms with Crippen LogP contribution in [0, 0.1) is 5.92 Å². The fourth-order valence-corrected chi connectivity index (χ4v) is 5.19. The topological polar surface area (TPSA) is 64.0 Å². The number of hydrogen-bond acceptors (Lipinski definition) is 6. The van der Waals surface area contributed by atoms with Crippen LogP contribution in [-0.2, 0) is 6.42 Å². The highest BCUT2D eigenvalue weighted by Gasteiger charge is 2.26. The summed E-state index contributed by atoms with van der Waals surface area (Å²) >= 11 is 12.5. The molecule has 0 spiro atoms. The van der Waals surface area contributed by atoms with Gasteiger partial charge in [-0.1, -0.05) is 29.3 Å². The summed E-state index contributed by atoms with van der Waals surface area (Å²) in [7, 11) is 0. The highest BCUT2D eigenvalue weighted by Crippen LogP contribution is 2.33. The quantitative estimate of drug-likeness (QED) is 0.380. The third-order valence-corrected chi connectivity index (χ3v) is 7.36. The number of benzene rings is 1. The molecule has 2 aromatic rings. The minimum absolute atomic E-state index is 0.000411. The predicted molar refractivity (Wildman–Crippen MR) is 135 cm³/mol. The average molecular weight is 502 g/mol. The van der Waals surface area contributed by atoms with Crippen LogP contribution in [0.15, 0.2) is 41.5 Å². The number of likely N-dealkylation sites (tertiary alicyclic amines) is 1. The van der Waals surface area contributed by atoms with Gasteiger partial charge in [0.05, 0.1) is 22.2 Å². The SMILES string of the molecule is [O-]C(=NC(Cc1ccc(OC2CC2)c(Cl)c1)CN1CCCC1)[C@@H]1CCN(c2ccc(Cl)cn2)C1. The first-order valence-electron chi connectivity index (χ1n) is 12.3. The van der Waals surface area contributed by atoms with Gasteiger partial charge in [-0.25, -0.2) is 4.98 Å². The van der Waals surface area contributed by atoms with E-state index in [1.165, 1.54) is 12.8 Å². The summed E-state index contributed by atoms with van der Waals surface area (Å²) in [6.07, 6.45) is 8.08. The van der Waals surface area contributed by atoms with E-state index in [4.69, 9.17) is 32.9 Å². The Bertz CT molecular complexity index is 1010. The van der Waals surface area contributed by atoms with E-state index >= 15 is 0 Å². The second-order valence-corrected chi connectivity index (χ2v) is 10.5. The summed E-state index contributed by atoms with van der Waals surface area (Å²) in [5.41, 5.74) is 1.09. The van der Waals surface area contributed by atoms with Crippen LogP contribution in [0.2, 0.25) is 10.0 Å². The van der Waals surface area contributed by atoms with Crippen LogP contribution in [0.1, 0.15) is 37.7 Å². The highest BCUT2D eigenvalue weighted by molar-refractivity contribution is 6.32. The monoisotopic (exact) mass is 501 g/mol. The molecule has 1 aromatic carbocycles. The number of pyridine rings is 1. The minimum atomic E-state index is -0.100. The van der Waals surface area contributed by atoms with Gasteiger partial charge in [-0.2, -0.15) is 0 Å². The molecule has 3 heterocycles. The second kappa shape index (κ2) is 10.7. The molecular formula is C26H31Cl2N4O2-. The van der Waals surface area contributed by atoms with E-state index in [1.807, 2.05) is 24.3 Å². The van der Waals surface area contributed by atoms with Crippen molar-refractivity contribution in [1.29, 1.82) is 0 Å². The Balaban J connectivity index is 1.27. The van der Waals surface area contributed by atoms with Gasteiger partial charge in [0.15, 0.2) is 0 Å². The van der Waals surface area contributed by atoms with Crippen molar-refractivity contribution in [1.82, 2.24) is 9.88 Å². The van der Waals surface area contributed by atoms with Crippen LogP contribution >= 0.6 is 23.2 Å². The molecule has 1 saturated carbocycles. The first-order chi connectivity index (χ1) is 16.5. The van der Waals surface area contributed by atoms with Gasteiger partial charge >= 0.3 is 0 Å². The Labute approximate surface area is 211 Å². The normalized spacial score (nSPS) is 22.4. The summed E-state index contributed by atoms with van der Waals surface area (Å²) in [5.74, 6) is 1.51.